The lowest BCUT2D eigenvalue weighted by Gasteiger charge is -2.49. The van der Waals surface area contributed by atoms with Gasteiger partial charge < -0.3 is 19.9 Å². The summed E-state index contributed by atoms with van der Waals surface area (Å²) < 4.78 is 33.2. The topological polar surface area (TPSA) is 65.1 Å². The fourth-order valence-corrected chi connectivity index (χ4v) is 9.01. The van der Waals surface area contributed by atoms with Crippen LogP contribution in [0.1, 0.15) is 96.1 Å². The Balaban J connectivity index is 0.00000384. The standard InChI is InChI=1S/C34H50F2N4O3.ClH/c1-24(2)40-32(42)38(21-25-7-6-18-43-22-25)23-33(40)19-28-10-11-29(20-33)39(28)17-14-30(26-8-4-3-5-9-26)37-31(41)27-12-15-34(35,36)16-13-27;/h3-5,8-9,24-25,27-30H,6-7,10-23H2,1-2H3,(H,37,41);1H/t25?,28?,29?,30-,33?;/m0./s1. The van der Waals surface area contributed by atoms with E-state index in [9.17, 15) is 18.4 Å². The summed E-state index contributed by atoms with van der Waals surface area (Å²) in [5, 5.41) is 3.26. The van der Waals surface area contributed by atoms with Crippen LogP contribution in [0.5, 0.6) is 0 Å². The summed E-state index contributed by atoms with van der Waals surface area (Å²) in [5.74, 6) is -2.65. The van der Waals surface area contributed by atoms with Crippen molar-refractivity contribution in [3.63, 3.8) is 0 Å². The molecule has 3 amide bonds. The highest BCUT2D eigenvalue weighted by Crippen LogP contribution is 2.48. The van der Waals surface area contributed by atoms with Crippen molar-refractivity contribution in [2.75, 3.05) is 32.8 Å². The molecule has 5 fully saturated rings. The first-order valence-corrected chi connectivity index (χ1v) is 16.8. The van der Waals surface area contributed by atoms with E-state index < -0.39 is 5.92 Å². The van der Waals surface area contributed by atoms with E-state index in [2.05, 4.69) is 46.0 Å². The molecular formula is C34H51ClF2N4O3. The van der Waals surface area contributed by atoms with Crippen molar-refractivity contribution >= 4 is 24.3 Å². The van der Waals surface area contributed by atoms with Crippen LogP contribution in [-0.2, 0) is 9.53 Å². The molecule has 0 aromatic heterocycles. The van der Waals surface area contributed by atoms with Crippen molar-refractivity contribution in [3.8, 4) is 0 Å². The van der Waals surface area contributed by atoms with Gasteiger partial charge in [-0.05, 0) is 77.2 Å². The number of carbonyl (C=O) groups excluding carboxylic acids is 2. The summed E-state index contributed by atoms with van der Waals surface area (Å²) >= 11 is 0. The molecule has 1 aliphatic carbocycles. The van der Waals surface area contributed by atoms with E-state index >= 15 is 0 Å². The molecule has 2 bridgehead atoms. The SMILES string of the molecule is CC(C)N1C(=O)N(CC2CCCOC2)CC12CC1CCC(C2)N1CC[C@H](NC(=O)C1CCC(F)(F)CC1)c1ccccc1.Cl. The summed E-state index contributed by atoms with van der Waals surface area (Å²) in [6.07, 6.45) is 7.32. The van der Waals surface area contributed by atoms with E-state index in [-0.39, 0.29) is 73.6 Å². The molecule has 5 aliphatic rings. The van der Waals surface area contributed by atoms with E-state index in [1.54, 1.807) is 0 Å². The molecule has 4 heterocycles. The number of fused-ring (bicyclic) bond motifs is 2. The summed E-state index contributed by atoms with van der Waals surface area (Å²) in [5.41, 5.74) is 0.937. The summed E-state index contributed by atoms with van der Waals surface area (Å²) in [7, 11) is 0. The number of halogens is 3. The van der Waals surface area contributed by atoms with Gasteiger partial charge in [-0.2, -0.15) is 0 Å². The smallest absolute Gasteiger partial charge is 0.320 e. The Bertz CT molecular complexity index is 1110. The van der Waals surface area contributed by atoms with Gasteiger partial charge in [0, 0.05) is 69.0 Å². The van der Waals surface area contributed by atoms with Gasteiger partial charge >= 0.3 is 6.03 Å². The highest BCUT2D eigenvalue weighted by Gasteiger charge is 2.57. The maximum absolute atomic E-state index is 13.8. The number of amides is 3. The zero-order valence-electron chi connectivity index (χ0n) is 26.4. The lowest BCUT2D eigenvalue weighted by molar-refractivity contribution is -0.130. The molecule has 6 rings (SSSR count). The number of nitrogens with zero attached hydrogens (tertiary/aromatic N) is 3. The third-order valence-corrected chi connectivity index (χ3v) is 11.0. The van der Waals surface area contributed by atoms with Crippen LogP contribution in [0.15, 0.2) is 30.3 Å². The molecule has 7 nitrogen and oxygen atoms in total. The third-order valence-electron chi connectivity index (χ3n) is 11.0. The van der Waals surface area contributed by atoms with Crippen LogP contribution < -0.4 is 5.32 Å². The Morgan fingerprint density at radius 3 is 2.34 bits per heavy atom. The zero-order valence-corrected chi connectivity index (χ0v) is 27.2. The molecule has 44 heavy (non-hydrogen) atoms. The van der Waals surface area contributed by atoms with E-state index in [0.29, 0.717) is 18.0 Å². The van der Waals surface area contributed by atoms with Crippen molar-refractivity contribution in [1.82, 2.24) is 20.0 Å². The Morgan fingerprint density at radius 2 is 1.73 bits per heavy atom. The van der Waals surface area contributed by atoms with E-state index in [4.69, 9.17) is 4.74 Å². The first-order valence-electron chi connectivity index (χ1n) is 16.8. The van der Waals surface area contributed by atoms with Crippen LogP contribution >= 0.6 is 12.4 Å². The Kier molecular flexibility index (Phi) is 10.5. The predicted molar refractivity (Wildman–Crippen MR) is 169 cm³/mol. The quantitative estimate of drug-likeness (QED) is 0.340. The second kappa shape index (κ2) is 13.8. The van der Waals surface area contributed by atoms with Crippen LogP contribution in [0.2, 0.25) is 0 Å². The monoisotopic (exact) mass is 636 g/mol. The lowest BCUT2D eigenvalue weighted by atomic mass is 9.81. The van der Waals surface area contributed by atoms with Crippen molar-refractivity contribution in [1.29, 1.82) is 0 Å². The molecule has 4 aliphatic heterocycles. The number of nitrogens with one attached hydrogen (secondary N) is 1. The predicted octanol–water partition coefficient (Wildman–Crippen LogP) is 6.42. The van der Waals surface area contributed by atoms with Gasteiger partial charge in [-0.1, -0.05) is 30.3 Å². The number of piperidine rings is 1. The third kappa shape index (κ3) is 7.05. The molecule has 1 spiro atoms. The van der Waals surface area contributed by atoms with Gasteiger partial charge in [0.1, 0.15) is 0 Å². The maximum atomic E-state index is 13.8. The zero-order chi connectivity index (χ0) is 30.2. The Labute approximate surface area is 267 Å². The first kappa shape index (κ1) is 33.4. The second-order valence-electron chi connectivity index (χ2n) is 14.4. The molecule has 1 aromatic carbocycles. The van der Waals surface area contributed by atoms with Gasteiger partial charge in [0.25, 0.3) is 0 Å². The Hall–Kier alpha value is -1.97. The second-order valence-corrected chi connectivity index (χ2v) is 14.4. The van der Waals surface area contributed by atoms with Gasteiger partial charge in [0.2, 0.25) is 11.8 Å². The lowest BCUT2D eigenvalue weighted by Crippen LogP contribution is -2.60. The first-order chi connectivity index (χ1) is 20.6. The van der Waals surface area contributed by atoms with Gasteiger partial charge in [0.05, 0.1) is 18.2 Å². The molecule has 10 heteroatoms. The minimum atomic E-state index is -2.64. The number of carbonyl (C=O) groups is 2. The van der Waals surface area contributed by atoms with Crippen LogP contribution in [0, 0.1) is 11.8 Å². The highest BCUT2D eigenvalue weighted by atomic mass is 35.5. The summed E-state index contributed by atoms with van der Waals surface area (Å²) in [6, 6.07) is 11.1. The Morgan fingerprint density at radius 1 is 1.05 bits per heavy atom. The number of benzene rings is 1. The summed E-state index contributed by atoms with van der Waals surface area (Å²) in [4.78, 5) is 34.0. The minimum Gasteiger partial charge on any atom is -0.381 e. The number of hydrogen-bond donors (Lipinski definition) is 1. The number of rotatable bonds is 9. The fraction of sp³-hybridized carbons (Fsp3) is 0.765. The van der Waals surface area contributed by atoms with Crippen molar-refractivity contribution in [2.24, 2.45) is 11.8 Å². The van der Waals surface area contributed by atoms with Crippen molar-refractivity contribution in [3.05, 3.63) is 35.9 Å². The normalized spacial score (nSPS) is 31.4. The minimum absolute atomic E-state index is 0. The van der Waals surface area contributed by atoms with Crippen LogP contribution in [0.25, 0.3) is 0 Å². The fourth-order valence-electron chi connectivity index (χ4n) is 9.01. The van der Waals surface area contributed by atoms with Crippen molar-refractivity contribution < 1.29 is 23.1 Å². The van der Waals surface area contributed by atoms with E-state index in [1.165, 1.54) is 0 Å². The molecule has 4 atom stereocenters. The van der Waals surface area contributed by atoms with E-state index in [0.717, 1.165) is 83.4 Å². The molecule has 1 saturated carbocycles. The van der Waals surface area contributed by atoms with Gasteiger partial charge in [-0.15, -0.1) is 12.4 Å². The van der Waals surface area contributed by atoms with Crippen LogP contribution in [0.4, 0.5) is 13.6 Å². The number of hydrogen-bond acceptors (Lipinski definition) is 4. The number of ether oxygens (including phenoxy) is 1. The average Bonchev–Trinajstić information content (AvgIpc) is 3.39. The van der Waals surface area contributed by atoms with Crippen LogP contribution in [-0.4, -0.2) is 89.1 Å². The van der Waals surface area contributed by atoms with Gasteiger partial charge in [0.15, 0.2) is 0 Å². The number of alkyl halides is 2. The van der Waals surface area contributed by atoms with Crippen molar-refractivity contribution in [2.45, 2.75) is 120 Å². The van der Waals surface area contributed by atoms with E-state index in [1.807, 2.05) is 18.2 Å². The molecule has 0 radical (unpaired) electrons. The summed E-state index contributed by atoms with van der Waals surface area (Å²) in [6.45, 7) is 8.37. The van der Waals surface area contributed by atoms with Crippen LogP contribution in [0.3, 0.4) is 0 Å². The highest BCUT2D eigenvalue weighted by molar-refractivity contribution is 5.85. The van der Waals surface area contributed by atoms with Gasteiger partial charge in [-0.3, -0.25) is 9.69 Å². The maximum Gasteiger partial charge on any atom is 0.320 e. The molecular weight excluding hydrogens is 586 g/mol. The average molecular weight is 637 g/mol. The van der Waals surface area contributed by atoms with Gasteiger partial charge in [-0.25, -0.2) is 13.6 Å². The largest absolute Gasteiger partial charge is 0.381 e. The molecule has 1 aromatic rings. The molecule has 246 valence electrons. The molecule has 1 N–H and O–H groups in total. The number of urea groups is 1. The molecule has 3 unspecified atom stereocenters. The molecule has 4 saturated heterocycles.